The smallest absolute Gasteiger partial charge is 0.408 e. The molecule has 0 radical (unpaired) electrons. The summed E-state index contributed by atoms with van der Waals surface area (Å²) < 4.78 is 5.20. The van der Waals surface area contributed by atoms with Crippen molar-refractivity contribution in [2.24, 2.45) is 5.92 Å². The highest BCUT2D eigenvalue weighted by Crippen LogP contribution is 2.14. The highest BCUT2D eigenvalue weighted by atomic mass is 16.6. The summed E-state index contributed by atoms with van der Waals surface area (Å²) in [6.45, 7) is 14.5. The van der Waals surface area contributed by atoms with Crippen LogP contribution in [-0.4, -0.2) is 37.4 Å². The van der Waals surface area contributed by atoms with E-state index in [9.17, 15) is 4.79 Å². The molecule has 5 nitrogen and oxygen atoms in total. The van der Waals surface area contributed by atoms with Gasteiger partial charge in [0.1, 0.15) is 11.6 Å². The van der Waals surface area contributed by atoms with Gasteiger partial charge in [0, 0.05) is 12.5 Å². The SMILES string of the molecule is [C-]#[N+]C[C@H](NC(=O)OC(C)(C)C)[C@@H]1CCNC1. The number of amides is 1. The number of hydrogen-bond acceptors (Lipinski definition) is 3. The van der Waals surface area contributed by atoms with E-state index in [1.54, 1.807) is 0 Å². The monoisotopic (exact) mass is 239 g/mol. The number of carbonyl (C=O) groups is 1. The van der Waals surface area contributed by atoms with Crippen molar-refractivity contribution in [3.63, 3.8) is 0 Å². The van der Waals surface area contributed by atoms with E-state index >= 15 is 0 Å². The van der Waals surface area contributed by atoms with Crippen LogP contribution >= 0.6 is 0 Å². The highest BCUT2D eigenvalue weighted by molar-refractivity contribution is 5.68. The van der Waals surface area contributed by atoms with Crippen LogP contribution in [0.25, 0.3) is 4.85 Å². The fourth-order valence-corrected chi connectivity index (χ4v) is 1.89. The fourth-order valence-electron chi connectivity index (χ4n) is 1.89. The van der Waals surface area contributed by atoms with E-state index in [4.69, 9.17) is 11.3 Å². The largest absolute Gasteiger partial charge is 0.444 e. The maximum Gasteiger partial charge on any atom is 0.408 e. The number of carbonyl (C=O) groups excluding carboxylic acids is 1. The summed E-state index contributed by atoms with van der Waals surface area (Å²) >= 11 is 0. The Bertz CT molecular complexity index is 298. The molecule has 0 unspecified atom stereocenters. The van der Waals surface area contributed by atoms with Crippen LogP contribution in [0.2, 0.25) is 0 Å². The molecule has 0 saturated carbocycles. The lowest BCUT2D eigenvalue weighted by Crippen LogP contribution is -2.45. The molecule has 0 aromatic carbocycles. The zero-order valence-electron chi connectivity index (χ0n) is 10.7. The Labute approximate surface area is 103 Å². The first-order valence-corrected chi connectivity index (χ1v) is 5.96. The molecule has 1 fully saturated rings. The van der Waals surface area contributed by atoms with Gasteiger partial charge in [-0.3, -0.25) is 0 Å². The minimum atomic E-state index is -0.499. The maximum atomic E-state index is 11.6. The van der Waals surface area contributed by atoms with Crippen molar-refractivity contribution in [3.05, 3.63) is 11.4 Å². The van der Waals surface area contributed by atoms with E-state index in [0.29, 0.717) is 12.5 Å². The van der Waals surface area contributed by atoms with E-state index in [-0.39, 0.29) is 6.04 Å². The summed E-state index contributed by atoms with van der Waals surface area (Å²) in [4.78, 5) is 15.0. The third-order valence-corrected chi connectivity index (χ3v) is 2.66. The predicted octanol–water partition coefficient (Wildman–Crippen LogP) is 1.41. The molecular formula is C12H21N3O2. The summed E-state index contributed by atoms with van der Waals surface area (Å²) in [6, 6.07) is -0.114. The predicted molar refractivity (Wildman–Crippen MR) is 65.6 cm³/mol. The van der Waals surface area contributed by atoms with Crippen LogP contribution in [0.15, 0.2) is 0 Å². The molecule has 17 heavy (non-hydrogen) atoms. The Kier molecular flexibility index (Phi) is 4.76. The number of rotatable bonds is 3. The van der Waals surface area contributed by atoms with Gasteiger partial charge >= 0.3 is 6.09 Å². The van der Waals surface area contributed by atoms with Crippen molar-refractivity contribution >= 4 is 6.09 Å². The lowest BCUT2D eigenvalue weighted by atomic mass is 9.99. The van der Waals surface area contributed by atoms with Crippen LogP contribution in [0.3, 0.4) is 0 Å². The lowest BCUT2D eigenvalue weighted by molar-refractivity contribution is 0.0493. The van der Waals surface area contributed by atoms with Gasteiger partial charge in [0.25, 0.3) is 0 Å². The van der Waals surface area contributed by atoms with Gasteiger partial charge in [0.15, 0.2) is 0 Å². The summed E-state index contributed by atoms with van der Waals surface area (Å²) in [5, 5.41) is 6.04. The molecule has 1 heterocycles. The van der Waals surface area contributed by atoms with Crippen molar-refractivity contribution < 1.29 is 9.53 Å². The third-order valence-electron chi connectivity index (χ3n) is 2.66. The number of nitrogens with zero attached hydrogens (tertiary/aromatic N) is 1. The van der Waals surface area contributed by atoms with Gasteiger partial charge in [-0.2, -0.15) is 0 Å². The molecule has 96 valence electrons. The van der Waals surface area contributed by atoms with Gasteiger partial charge in [-0.15, -0.1) is 0 Å². The van der Waals surface area contributed by atoms with Crippen LogP contribution in [0.1, 0.15) is 27.2 Å². The first-order valence-electron chi connectivity index (χ1n) is 5.96. The summed E-state index contributed by atoms with van der Waals surface area (Å²) in [5.41, 5.74) is -0.499. The standard InChI is InChI=1S/C12H21N3O2/c1-12(2,3)17-11(16)15-10(8-13-4)9-5-6-14-7-9/h9-10,14H,5-8H2,1-3H3,(H,15,16)/t9-,10+/m1/s1. The normalized spacial score (nSPS) is 21.6. The summed E-state index contributed by atoms with van der Waals surface area (Å²) in [5.74, 6) is 0.330. The van der Waals surface area contributed by atoms with Crippen molar-refractivity contribution in [2.45, 2.75) is 38.8 Å². The van der Waals surface area contributed by atoms with E-state index in [2.05, 4.69) is 15.5 Å². The molecular weight excluding hydrogens is 218 g/mol. The van der Waals surface area contributed by atoms with Gasteiger partial charge < -0.3 is 20.2 Å². The maximum absolute atomic E-state index is 11.6. The van der Waals surface area contributed by atoms with Crippen molar-refractivity contribution in [1.82, 2.24) is 10.6 Å². The molecule has 1 rings (SSSR count). The summed E-state index contributed by atoms with van der Waals surface area (Å²) in [7, 11) is 0. The first-order chi connectivity index (χ1) is 7.92. The van der Waals surface area contributed by atoms with Gasteiger partial charge in [-0.05, 0) is 33.7 Å². The molecule has 1 saturated heterocycles. The molecule has 1 amide bonds. The van der Waals surface area contributed by atoms with E-state index in [0.717, 1.165) is 19.5 Å². The number of hydrogen-bond donors (Lipinski definition) is 2. The molecule has 1 aliphatic heterocycles. The zero-order valence-corrected chi connectivity index (χ0v) is 10.7. The van der Waals surface area contributed by atoms with Crippen LogP contribution in [0, 0.1) is 12.5 Å². The van der Waals surface area contributed by atoms with Gasteiger partial charge in [0.2, 0.25) is 6.54 Å². The van der Waals surface area contributed by atoms with Crippen molar-refractivity contribution in [2.75, 3.05) is 19.6 Å². The zero-order chi connectivity index (χ0) is 12.9. The molecule has 2 atom stereocenters. The Morgan fingerprint density at radius 1 is 1.65 bits per heavy atom. The first kappa shape index (κ1) is 13.8. The minimum absolute atomic E-state index is 0.114. The Balaban J connectivity index is 2.49. The molecule has 2 N–H and O–H groups in total. The Hall–Kier alpha value is -1.28. The Morgan fingerprint density at radius 3 is 2.82 bits per heavy atom. The van der Waals surface area contributed by atoms with E-state index < -0.39 is 11.7 Å². The quantitative estimate of drug-likeness (QED) is 0.732. The second-order valence-electron chi connectivity index (χ2n) is 5.35. The molecule has 5 heteroatoms. The fraction of sp³-hybridized carbons (Fsp3) is 0.833. The molecule has 0 bridgehead atoms. The number of nitrogens with one attached hydrogen (secondary N) is 2. The molecule has 0 aromatic rings. The second-order valence-corrected chi connectivity index (χ2v) is 5.35. The topological polar surface area (TPSA) is 54.7 Å². The van der Waals surface area contributed by atoms with Gasteiger partial charge in [-0.1, -0.05) is 0 Å². The molecule has 0 aliphatic carbocycles. The molecule has 0 aromatic heterocycles. The summed E-state index contributed by atoms with van der Waals surface area (Å²) in [6.07, 6.45) is 0.564. The van der Waals surface area contributed by atoms with Crippen LogP contribution < -0.4 is 10.6 Å². The average Bonchev–Trinajstić information content (AvgIpc) is 2.66. The van der Waals surface area contributed by atoms with E-state index in [1.165, 1.54) is 0 Å². The second kappa shape index (κ2) is 5.87. The van der Waals surface area contributed by atoms with Gasteiger partial charge in [0.05, 0.1) is 0 Å². The average molecular weight is 239 g/mol. The number of ether oxygens (including phenoxy) is 1. The molecule has 0 spiro atoms. The highest BCUT2D eigenvalue weighted by Gasteiger charge is 2.29. The third kappa shape index (κ3) is 5.05. The Morgan fingerprint density at radius 2 is 2.35 bits per heavy atom. The van der Waals surface area contributed by atoms with Crippen LogP contribution in [0.5, 0.6) is 0 Å². The number of alkyl carbamates (subject to hydrolysis) is 1. The lowest BCUT2D eigenvalue weighted by Gasteiger charge is -2.24. The van der Waals surface area contributed by atoms with Gasteiger partial charge in [-0.25, -0.2) is 11.4 Å². The van der Waals surface area contributed by atoms with Crippen LogP contribution in [-0.2, 0) is 4.74 Å². The van der Waals surface area contributed by atoms with Crippen molar-refractivity contribution in [1.29, 1.82) is 0 Å². The van der Waals surface area contributed by atoms with Crippen molar-refractivity contribution in [3.8, 4) is 0 Å². The van der Waals surface area contributed by atoms with E-state index in [1.807, 2.05) is 20.8 Å². The van der Waals surface area contributed by atoms with Crippen LogP contribution in [0.4, 0.5) is 4.79 Å². The minimum Gasteiger partial charge on any atom is -0.444 e. The molecule has 1 aliphatic rings.